The minimum Gasteiger partial charge on any atom is -0.453 e. The quantitative estimate of drug-likeness (QED) is 0.643. The number of ether oxygens (including phenoxy) is 1. The Morgan fingerprint density at radius 1 is 1.50 bits per heavy atom. The number of hydrogen-bond donors (Lipinski definition) is 1. The maximum Gasteiger partial charge on any atom is 0.407 e. The molecule has 12 heavy (non-hydrogen) atoms. The average Bonchev–Trinajstić information content (AvgIpc) is 2.09. The van der Waals surface area contributed by atoms with Crippen molar-refractivity contribution in [2.75, 3.05) is 7.11 Å². The van der Waals surface area contributed by atoms with Crippen LogP contribution in [0, 0.1) is 0 Å². The molecule has 3 nitrogen and oxygen atoms in total. The van der Waals surface area contributed by atoms with Gasteiger partial charge in [0, 0.05) is 6.04 Å². The maximum absolute atomic E-state index is 10.8. The second-order valence-corrected chi connectivity index (χ2v) is 3.60. The summed E-state index contributed by atoms with van der Waals surface area (Å²) in [5, 5.41) is 2.79. The van der Waals surface area contributed by atoms with E-state index in [9.17, 15) is 4.79 Å². The first-order chi connectivity index (χ1) is 5.74. The Labute approximate surface area is 77.4 Å². The van der Waals surface area contributed by atoms with Crippen molar-refractivity contribution in [3.8, 4) is 0 Å². The molecule has 4 heteroatoms. The average molecular weight is 192 g/mol. The molecule has 1 N–H and O–H groups in total. The van der Waals surface area contributed by atoms with Gasteiger partial charge in [-0.05, 0) is 12.8 Å². The molecule has 2 atom stereocenters. The molecule has 1 saturated carbocycles. The number of halogens is 1. The first-order valence-corrected chi connectivity index (χ1v) is 4.66. The molecule has 1 rings (SSSR count). The van der Waals surface area contributed by atoms with Crippen molar-refractivity contribution in [2.24, 2.45) is 0 Å². The summed E-state index contributed by atoms with van der Waals surface area (Å²) in [7, 11) is 1.36. The Morgan fingerprint density at radius 2 is 2.17 bits per heavy atom. The van der Waals surface area contributed by atoms with E-state index >= 15 is 0 Å². The normalized spacial score (nSPS) is 29.5. The summed E-state index contributed by atoms with van der Waals surface area (Å²) in [5.74, 6) is 0. The van der Waals surface area contributed by atoms with Crippen LogP contribution in [0.1, 0.15) is 25.7 Å². The second kappa shape index (κ2) is 4.55. The number of rotatable bonds is 1. The van der Waals surface area contributed by atoms with Gasteiger partial charge in [0.1, 0.15) is 0 Å². The number of carbonyl (C=O) groups excluding carboxylic acids is 1. The van der Waals surface area contributed by atoms with Crippen molar-refractivity contribution >= 4 is 17.7 Å². The number of methoxy groups -OCH3 is 1. The van der Waals surface area contributed by atoms with Crippen LogP contribution >= 0.6 is 11.6 Å². The van der Waals surface area contributed by atoms with E-state index in [1.165, 1.54) is 7.11 Å². The van der Waals surface area contributed by atoms with Gasteiger partial charge < -0.3 is 10.1 Å². The van der Waals surface area contributed by atoms with Gasteiger partial charge in [0.05, 0.1) is 12.5 Å². The predicted octanol–water partition coefficient (Wildman–Crippen LogP) is 1.89. The molecule has 0 aromatic carbocycles. The lowest BCUT2D eigenvalue weighted by Crippen LogP contribution is -2.42. The van der Waals surface area contributed by atoms with Crippen LogP contribution in [0.3, 0.4) is 0 Å². The third-order valence-electron chi connectivity index (χ3n) is 2.17. The van der Waals surface area contributed by atoms with E-state index in [1.807, 2.05) is 0 Å². The van der Waals surface area contributed by atoms with E-state index in [4.69, 9.17) is 11.6 Å². The molecule has 1 aliphatic rings. The van der Waals surface area contributed by atoms with E-state index in [-0.39, 0.29) is 17.5 Å². The third kappa shape index (κ3) is 2.55. The van der Waals surface area contributed by atoms with Gasteiger partial charge in [0.15, 0.2) is 0 Å². The number of alkyl carbamates (subject to hydrolysis) is 1. The number of alkyl halides is 1. The van der Waals surface area contributed by atoms with Crippen LogP contribution in [0.15, 0.2) is 0 Å². The fourth-order valence-corrected chi connectivity index (χ4v) is 1.80. The summed E-state index contributed by atoms with van der Waals surface area (Å²) < 4.78 is 4.49. The van der Waals surface area contributed by atoms with Gasteiger partial charge in [-0.25, -0.2) is 4.79 Å². The van der Waals surface area contributed by atoms with E-state index in [1.54, 1.807) is 0 Å². The van der Waals surface area contributed by atoms with E-state index in [2.05, 4.69) is 10.1 Å². The first kappa shape index (κ1) is 9.65. The lowest BCUT2D eigenvalue weighted by atomic mass is 9.95. The van der Waals surface area contributed by atoms with Crippen LogP contribution in [-0.4, -0.2) is 24.6 Å². The van der Waals surface area contributed by atoms with Crippen LogP contribution in [0.5, 0.6) is 0 Å². The first-order valence-electron chi connectivity index (χ1n) is 4.22. The minimum atomic E-state index is -0.382. The van der Waals surface area contributed by atoms with Crippen molar-refractivity contribution in [2.45, 2.75) is 37.1 Å². The zero-order valence-electron chi connectivity index (χ0n) is 7.18. The lowest BCUT2D eigenvalue weighted by Gasteiger charge is -2.26. The molecule has 0 spiro atoms. The van der Waals surface area contributed by atoms with Crippen molar-refractivity contribution < 1.29 is 9.53 Å². The van der Waals surface area contributed by atoms with Gasteiger partial charge in [-0.2, -0.15) is 0 Å². The topological polar surface area (TPSA) is 38.3 Å². The molecule has 0 aromatic rings. The number of hydrogen-bond acceptors (Lipinski definition) is 2. The predicted molar refractivity (Wildman–Crippen MR) is 47.4 cm³/mol. The van der Waals surface area contributed by atoms with Crippen molar-refractivity contribution in [1.29, 1.82) is 0 Å². The van der Waals surface area contributed by atoms with Gasteiger partial charge in [-0.1, -0.05) is 12.8 Å². The molecule has 1 amide bonds. The molecule has 0 heterocycles. The molecule has 0 bridgehead atoms. The largest absolute Gasteiger partial charge is 0.453 e. The highest BCUT2D eigenvalue weighted by Crippen LogP contribution is 2.22. The molecule has 70 valence electrons. The van der Waals surface area contributed by atoms with Crippen LogP contribution in [0.4, 0.5) is 4.79 Å². The Bertz CT molecular complexity index is 163. The Balaban J connectivity index is 2.33. The zero-order chi connectivity index (χ0) is 8.97. The van der Waals surface area contributed by atoms with Crippen molar-refractivity contribution in [1.82, 2.24) is 5.32 Å². The standard InChI is InChI=1S/C8H14ClNO2/c1-12-8(11)10-7-5-3-2-4-6(7)9/h6-7H,2-5H2,1H3,(H,10,11). The van der Waals surface area contributed by atoms with Gasteiger partial charge in [0.25, 0.3) is 0 Å². The second-order valence-electron chi connectivity index (χ2n) is 3.04. The van der Waals surface area contributed by atoms with E-state index in [0.29, 0.717) is 0 Å². The molecule has 1 aliphatic carbocycles. The number of nitrogens with one attached hydrogen (secondary N) is 1. The van der Waals surface area contributed by atoms with Crippen LogP contribution in [0.25, 0.3) is 0 Å². The fourth-order valence-electron chi connectivity index (χ4n) is 1.46. The van der Waals surface area contributed by atoms with Crippen molar-refractivity contribution in [3.63, 3.8) is 0 Å². The molecule has 0 aromatic heterocycles. The molecule has 1 fully saturated rings. The van der Waals surface area contributed by atoms with Gasteiger partial charge in [0.2, 0.25) is 0 Å². The van der Waals surface area contributed by atoms with Gasteiger partial charge >= 0.3 is 6.09 Å². The Morgan fingerprint density at radius 3 is 2.75 bits per heavy atom. The van der Waals surface area contributed by atoms with Crippen LogP contribution in [0.2, 0.25) is 0 Å². The SMILES string of the molecule is COC(=O)NC1CCCCC1Cl. The highest BCUT2D eigenvalue weighted by atomic mass is 35.5. The molecule has 2 unspecified atom stereocenters. The summed E-state index contributed by atoms with van der Waals surface area (Å²) in [6.07, 6.45) is 3.86. The summed E-state index contributed by atoms with van der Waals surface area (Å²) in [6, 6.07) is 0.0906. The summed E-state index contributed by atoms with van der Waals surface area (Å²) in [4.78, 5) is 10.8. The monoisotopic (exact) mass is 191 g/mol. The molecular formula is C8H14ClNO2. The molecular weight excluding hydrogens is 178 g/mol. The number of amides is 1. The molecule has 0 radical (unpaired) electrons. The lowest BCUT2D eigenvalue weighted by molar-refractivity contribution is 0.163. The van der Waals surface area contributed by atoms with E-state index < -0.39 is 0 Å². The summed E-state index contributed by atoms with van der Waals surface area (Å²) in [6.45, 7) is 0. The summed E-state index contributed by atoms with van der Waals surface area (Å²) in [5.41, 5.74) is 0. The van der Waals surface area contributed by atoms with Crippen LogP contribution in [-0.2, 0) is 4.74 Å². The fraction of sp³-hybridized carbons (Fsp3) is 0.875. The Hall–Kier alpha value is -0.440. The smallest absolute Gasteiger partial charge is 0.407 e. The maximum atomic E-state index is 10.8. The van der Waals surface area contributed by atoms with Gasteiger partial charge in [-0.15, -0.1) is 11.6 Å². The zero-order valence-corrected chi connectivity index (χ0v) is 7.93. The van der Waals surface area contributed by atoms with Crippen molar-refractivity contribution in [3.05, 3.63) is 0 Å². The van der Waals surface area contributed by atoms with Crippen LogP contribution < -0.4 is 5.32 Å². The minimum absolute atomic E-state index is 0.0675. The number of carbonyl (C=O) groups is 1. The molecule has 0 aliphatic heterocycles. The van der Waals surface area contributed by atoms with Gasteiger partial charge in [-0.3, -0.25) is 0 Å². The Kier molecular flexibility index (Phi) is 3.66. The van der Waals surface area contributed by atoms with E-state index in [0.717, 1.165) is 25.7 Å². The highest BCUT2D eigenvalue weighted by molar-refractivity contribution is 6.21. The highest BCUT2D eigenvalue weighted by Gasteiger charge is 2.24. The third-order valence-corrected chi connectivity index (χ3v) is 2.69. The summed E-state index contributed by atoms with van der Waals surface area (Å²) >= 11 is 6.01. The molecule has 0 saturated heterocycles.